The minimum absolute atomic E-state index is 0.812. The highest BCUT2D eigenvalue weighted by atomic mass is 79.9. The van der Waals surface area contributed by atoms with Gasteiger partial charge in [0.05, 0.1) is 11.2 Å². The number of pyridine rings is 1. The fraction of sp³-hybridized carbons (Fsp3) is 0.182. The Labute approximate surface area is 91.5 Å². The van der Waals surface area contributed by atoms with E-state index in [4.69, 9.17) is 0 Å². The smallest absolute Gasteiger partial charge is 0.0706 e. The van der Waals surface area contributed by atoms with Crippen molar-refractivity contribution in [1.82, 2.24) is 10.3 Å². The molecule has 72 valence electrons. The van der Waals surface area contributed by atoms with Crippen molar-refractivity contribution in [3.63, 3.8) is 0 Å². The Balaban J connectivity index is 2.50. The van der Waals surface area contributed by atoms with Crippen LogP contribution in [0.15, 0.2) is 34.8 Å². The number of nitrogens with one attached hydrogen (secondary N) is 1. The van der Waals surface area contributed by atoms with Crippen LogP contribution in [-0.4, -0.2) is 12.0 Å². The van der Waals surface area contributed by atoms with Crippen molar-refractivity contribution in [3.05, 3.63) is 40.5 Å². The largest absolute Gasteiger partial charge is 0.314 e. The summed E-state index contributed by atoms with van der Waals surface area (Å²) in [5.74, 6) is 0. The summed E-state index contributed by atoms with van der Waals surface area (Å²) >= 11 is 3.44. The van der Waals surface area contributed by atoms with Crippen molar-refractivity contribution in [1.29, 1.82) is 0 Å². The number of hydrogen-bond donors (Lipinski definition) is 1. The molecular formula is C11H11BrN2. The standard InChI is InChI=1S/C11H11BrN2/c1-13-7-10-4-2-8-6-9(12)3-5-11(8)14-10/h2-6,13H,7H2,1H3. The number of hydrogen-bond acceptors (Lipinski definition) is 2. The maximum Gasteiger partial charge on any atom is 0.0706 e. The maximum absolute atomic E-state index is 4.52. The molecule has 2 rings (SSSR count). The molecule has 0 spiro atoms. The van der Waals surface area contributed by atoms with Crippen molar-refractivity contribution in [3.8, 4) is 0 Å². The summed E-state index contributed by atoms with van der Waals surface area (Å²) in [6, 6.07) is 10.3. The van der Waals surface area contributed by atoms with Gasteiger partial charge in [0.15, 0.2) is 0 Å². The van der Waals surface area contributed by atoms with E-state index in [1.54, 1.807) is 0 Å². The normalized spacial score (nSPS) is 10.7. The number of aromatic nitrogens is 1. The van der Waals surface area contributed by atoms with Crippen LogP contribution in [0.4, 0.5) is 0 Å². The van der Waals surface area contributed by atoms with Crippen LogP contribution in [0.1, 0.15) is 5.69 Å². The van der Waals surface area contributed by atoms with Gasteiger partial charge in [0.2, 0.25) is 0 Å². The summed E-state index contributed by atoms with van der Waals surface area (Å²) < 4.78 is 1.09. The summed E-state index contributed by atoms with van der Waals surface area (Å²) in [6.07, 6.45) is 0. The highest BCUT2D eigenvalue weighted by molar-refractivity contribution is 9.10. The molecule has 0 unspecified atom stereocenters. The van der Waals surface area contributed by atoms with E-state index >= 15 is 0 Å². The fourth-order valence-corrected chi connectivity index (χ4v) is 1.80. The van der Waals surface area contributed by atoms with Crippen LogP contribution in [0.5, 0.6) is 0 Å². The monoisotopic (exact) mass is 250 g/mol. The molecule has 1 aromatic heterocycles. The van der Waals surface area contributed by atoms with Gasteiger partial charge in [-0.2, -0.15) is 0 Å². The van der Waals surface area contributed by atoms with Crippen molar-refractivity contribution < 1.29 is 0 Å². The van der Waals surface area contributed by atoms with E-state index in [-0.39, 0.29) is 0 Å². The van der Waals surface area contributed by atoms with Crippen molar-refractivity contribution in [2.24, 2.45) is 0 Å². The van der Waals surface area contributed by atoms with Crippen molar-refractivity contribution >= 4 is 26.8 Å². The lowest BCUT2D eigenvalue weighted by atomic mass is 10.2. The molecule has 14 heavy (non-hydrogen) atoms. The molecule has 1 N–H and O–H groups in total. The van der Waals surface area contributed by atoms with Crippen LogP contribution in [-0.2, 0) is 6.54 Å². The zero-order valence-electron chi connectivity index (χ0n) is 7.92. The molecule has 0 aliphatic carbocycles. The molecular weight excluding hydrogens is 240 g/mol. The number of fused-ring (bicyclic) bond motifs is 1. The van der Waals surface area contributed by atoms with Gasteiger partial charge in [0.1, 0.15) is 0 Å². The van der Waals surface area contributed by atoms with E-state index in [0.29, 0.717) is 0 Å². The summed E-state index contributed by atoms with van der Waals surface area (Å²) in [5.41, 5.74) is 2.11. The lowest BCUT2D eigenvalue weighted by molar-refractivity contribution is 0.795. The maximum atomic E-state index is 4.52. The van der Waals surface area contributed by atoms with Gasteiger partial charge >= 0.3 is 0 Å². The molecule has 2 nitrogen and oxygen atoms in total. The molecule has 0 aliphatic heterocycles. The second-order valence-corrected chi connectivity index (χ2v) is 4.09. The molecule has 3 heteroatoms. The van der Waals surface area contributed by atoms with Crippen LogP contribution in [0.3, 0.4) is 0 Å². The Kier molecular flexibility index (Phi) is 2.79. The molecule has 1 aromatic carbocycles. The molecule has 0 atom stereocenters. The van der Waals surface area contributed by atoms with Crippen LogP contribution in [0, 0.1) is 0 Å². The van der Waals surface area contributed by atoms with Crippen LogP contribution in [0.2, 0.25) is 0 Å². The molecule has 0 amide bonds. The fourth-order valence-electron chi connectivity index (χ4n) is 1.42. The average molecular weight is 251 g/mol. The second kappa shape index (κ2) is 4.07. The van der Waals surface area contributed by atoms with Gasteiger partial charge in [0, 0.05) is 16.4 Å². The molecule has 0 radical (unpaired) electrons. The molecule has 0 saturated heterocycles. The van der Waals surface area contributed by atoms with Gasteiger partial charge in [-0.3, -0.25) is 4.98 Å². The second-order valence-electron chi connectivity index (χ2n) is 3.17. The van der Waals surface area contributed by atoms with E-state index in [0.717, 1.165) is 22.2 Å². The van der Waals surface area contributed by atoms with E-state index in [1.807, 2.05) is 25.2 Å². The zero-order chi connectivity index (χ0) is 9.97. The minimum Gasteiger partial charge on any atom is -0.314 e. The minimum atomic E-state index is 0.812. The highest BCUT2D eigenvalue weighted by Crippen LogP contribution is 2.18. The number of halogens is 1. The number of benzene rings is 1. The first kappa shape index (κ1) is 9.62. The Morgan fingerprint density at radius 1 is 1.29 bits per heavy atom. The van der Waals surface area contributed by atoms with Gasteiger partial charge in [0.25, 0.3) is 0 Å². The van der Waals surface area contributed by atoms with Gasteiger partial charge in [-0.25, -0.2) is 0 Å². The number of nitrogens with zero attached hydrogens (tertiary/aromatic N) is 1. The highest BCUT2D eigenvalue weighted by Gasteiger charge is 1.97. The lowest BCUT2D eigenvalue weighted by Crippen LogP contribution is -2.06. The van der Waals surface area contributed by atoms with Crippen molar-refractivity contribution in [2.45, 2.75) is 6.54 Å². The molecule has 0 bridgehead atoms. The summed E-state index contributed by atoms with van der Waals surface area (Å²) in [7, 11) is 1.92. The zero-order valence-corrected chi connectivity index (χ0v) is 9.51. The van der Waals surface area contributed by atoms with Gasteiger partial charge in [-0.1, -0.05) is 22.0 Å². The predicted octanol–water partition coefficient (Wildman–Crippen LogP) is 2.72. The Morgan fingerprint density at radius 2 is 2.14 bits per heavy atom. The summed E-state index contributed by atoms with van der Waals surface area (Å²) in [4.78, 5) is 4.52. The van der Waals surface area contributed by atoms with E-state index in [9.17, 15) is 0 Å². The van der Waals surface area contributed by atoms with E-state index in [2.05, 4.69) is 38.4 Å². The Bertz CT molecular complexity index is 454. The SMILES string of the molecule is CNCc1ccc2cc(Br)ccc2n1. The molecule has 0 aliphatic rings. The van der Waals surface area contributed by atoms with Crippen LogP contribution >= 0.6 is 15.9 Å². The third-order valence-corrected chi connectivity index (χ3v) is 2.56. The molecule has 0 saturated carbocycles. The Morgan fingerprint density at radius 3 is 2.93 bits per heavy atom. The quantitative estimate of drug-likeness (QED) is 0.887. The molecule has 0 fully saturated rings. The predicted molar refractivity (Wildman–Crippen MR) is 62.2 cm³/mol. The van der Waals surface area contributed by atoms with E-state index in [1.165, 1.54) is 5.39 Å². The van der Waals surface area contributed by atoms with Crippen molar-refractivity contribution in [2.75, 3.05) is 7.05 Å². The third kappa shape index (κ3) is 1.94. The van der Waals surface area contributed by atoms with Crippen LogP contribution in [0.25, 0.3) is 10.9 Å². The first-order valence-corrected chi connectivity index (χ1v) is 5.29. The topological polar surface area (TPSA) is 24.9 Å². The first-order valence-electron chi connectivity index (χ1n) is 4.49. The van der Waals surface area contributed by atoms with E-state index < -0.39 is 0 Å². The number of rotatable bonds is 2. The molecule has 2 aromatic rings. The van der Waals surface area contributed by atoms with Gasteiger partial charge in [-0.15, -0.1) is 0 Å². The Hall–Kier alpha value is -0.930. The van der Waals surface area contributed by atoms with Crippen LogP contribution < -0.4 is 5.32 Å². The lowest BCUT2D eigenvalue weighted by Gasteiger charge is -2.02. The summed E-state index contributed by atoms with van der Waals surface area (Å²) in [5, 5.41) is 4.25. The molecule has 1 heterocycles. The van der Waals surface area contributed by atoms with Gasteiger partial charge in [-0.05, 0) is 31.3 Å². The first-order chi connectivity index (χ1) is 6.79. The average Bonchev–Trinajstić information content (AvgIpc) is 2.19. The third-order valence-electron chi connectivity index (χ3n) is 2.07. The summed E-state index contributed by atoms with van der Waals surface area (Å²) in [6.45, 7) is 0.812. The van der Waals surface area contributed by atoms with Gasteiger partial charge < -0.3 is 5.32 Å².